The molecule has 1 aromatic heterocycles. The number of nitrogens with one attached hydrogen (secondary N) is 1. The van der Waals surface area contributed by atoms with E-state index in [1.54, 1.807) is 11.3 Å². The molecule has 0 aromatic carbocycles. The second-order valence-electron chi connectivity index (χ2n) is 3.69. The number of hydrogen-bond acceptors (Lipinski definition) is 3. The Hall–Kier alpha value is -0.380. The second-order valence-corrected chi connectivity index (χ2v) is 4.47. The lowest BCUT2D eigenvalue weighted by Crippen LogP contribution is -2.37. The Labute approximate surface area is 90.0 Å². The van der Waals surface area contributed by atoms with Crippen molar-refractivity contribution in [2.45, 2.75) is 32.9 Å². The molecule has 0 aliphatic rings. The van der Waals surface area contributed by atoms with Gasteiger partial charge in [0, 0.05) is 12.6 Å². The molecule has 2 atom stereocenters. The average molecular weight is 213 g/mol. The van der Waals surface area contributed by atoms with E-state index in [4.69, 9.17) is 0 Å². The quantitative estimate of drug-likeness (QED) is 0.759. The zero-order valence-corrected chi connectivity index (χ0v) is 9.68. The minimum absolute atomic E-state index is 0.221. The number of aliphatic hydroxyl groups excluding tert-OH is 1. The standard InChI is InChI=1S/C11H19NOS/c1-3-9(2)11(7-13)12-6-10-4-5-14-8-10/h4-5,8-9,11-13H,3,6-7H2,1-2H3. The van der Waals surface area contributed by atoms with Crippen LogP contribution in [-0.4, -0.2) is 17.8 Å². The minimum Gasteiger partial charge on any atom is -0.395 e. The molecule has 3 heteroatoms. The fourth-order valence-corrected chi connectivity index (χ4v) is 2.04. The minimum atomic E-state index is 0.221. The van der Waals surface area contributed by atoms with Gasteiger partial charge in [-0.2, -0.15) is 11.3 Å². The summed E-state index contributed by atoms with van der Waals surface area (Å²) >= 11 is 1.71. The molecule has 0 aliphatic carbocycles. The fourth-order valence-electron chi connectivity index (χ4n) is 1.37. The Morgan fingerprint density at radius 2 is 2.36 bits per heavy atom. The highest BCUT2D eigenvalue weighted by atomic mass is 32.1. The first-order valence-electron chi connectivity index (χ1n) is 5.13. The molecule has 0 spiro atoms. The summed E-state index contributed by atoms with van der Waals surface area (Å²) in [6.45, 7) is 5.40. The Balaban J connectivity index is 2.34. The number of aliphatic hydroxyl groups is 1. The first kappa shape index (κ1) is 11.7. The van der Waals surface area contributed by atoms with Crippen LogP contribution in [0.25, 0.3) is 0 Å². The molecule has 0 radical (unpaired) electrons. The first-order valence-corrected chi connectivity index (χ1v) is 6.07. The van der Waals surface area contributed by atoms with Gasteiger partial charge in [0.05, 0.1) is 6.61 Å². The van der Waals surface area contributed by atoms with Crippen molar-refractivity contribution >= 4 is 11.3 Å². The zero-order chi connectivity index (χ0) is 10.4. The average Bonchev–Trinajstić information content (AvgIpc) is 2.71. The molecule has 1 heterocycles. The topological polar surface area (TPSA) is 32.3 Å². The van der Waals surface area contributed by atoms with Gasteiger partial charge in [0.25, 0.3) is 0 Å². The molecular weight excluding hydrogens is 194 g/mol. The molecule has 1 rings (SSSR count). The van der Waals surface area contributed by atoms with E-state index < -0.39 is 0 Å². The van der Waals surface area contributed by atoms with Gasteiger partial charge in [-0.1, -0.05) is 20.3 Å². The molecule has 0 fully saturated rings. The molecule has 0 saturated carbocycles. The van der Waals surface area contributed by atoms with Crippen LogP contribution in [0.3, 0.4) is 0 Å². The molecule has 0 amide bonds. The van der Waals surface area contributed by atoms with Gasteiger partial charge < -0.3 is 10.4 Å². The van der Waals surface area contributed by atoms with Crippen molar-refractivity contribution in [1.29, 1.82) is 0 Å². The Morgan fingerprint density at radius 3 is 2.86 bits per heavy atom. The van der Waals surface area contributed by atoms with Crippen LogP contribution >= 0.6 is 11.3 Å². The maximum atomic E-state index is 9.20. The third-order valence-electron chi connectivity index (χ3n) is 2.68. The molecule has 2 unspecified atom stereocenters. The predicted octanol–water partition coefficient (Wildman–Crippen LogP) is 2.24. The predicted molar refractivity (Wildman–Crippen MR) is 61.5 cm³/mol. The molecule has 0 aliphatic heterocycles. The molecule has 2 nitrogen and oxygen atoms in total. The van der Waals surface area contributed by atoms with Gasteiger partial charge in [0.1, 0.15) is 0 Å². The first-order chi connectivity index (χ1) is 6.77. The zero-order valence-electron chi connectivity index (χ0n) is 8.86. The highest BCUT2D eigenvalue weighted by Gasteiger charge is 2.13. The normalized spacial score (nSPS) is 15.4. The lowest BCUT2D eigenvalue weighted by Gasteiger charge is -2.21. The van der Waals surface area contributed by atoms with Crippen LogP contribution in [0.15, 0.2) is 16.8 Å². The fraction of sp³-hybridized carbons (Fsp3) is 0.636. The smallest absolute Gasteiger partial charge is 0.0587 e. The monoisotopic (exact) mass is 213 g/mol. The third kappa shape index (κ3) is 3.40. The van der Waals surface area contributed by atoms with Crippen LogP contribution in [0.2, 0.25) is 0 Å². The highest BCUT2D eigenvalue weighted by molar-refractivity contribution is 7.07. The van der Waals surface area contributed by atoms with Crippen molar-refractivity contribution < 1.29 is 5.11 Å². The summed E-state index contributed by atoms with van der Waals surface area (Å²) in [6, 6.07) is 2.34. The van der Waals surface area contributed by atoms with E-state index in [9.17, 15) is 5.11 Å². The number of hydrogen-bond donors (Lipinski definition) is 2. The summed E-state index contributed by atoms with van der Waals surface area (Å²) in [5.74, 6) is 0.527. The van der Waals surface area contributed by atoms with Gasteiger partial charge in [-0.3, -0.25) is 0 Å². The largest absolute Gasteiger partial charge is 0.395 e. The van der Waals surface area contributed by atoms with E-state index in [0.717, 1.165) is 13.0 Å². The summed E-state index contributed by atoms with van der Waals surface area (Å²) in [5, 5.41) is 16.8. The Kier molecular flexibility index (Phi) is 5.15. The molecule has 80 valence electrons. The van der Waals surface area contributed by atoms with E-state index in [-0.39, 0.29) is 12.6 Å². The maximum absolute atomic E-state index is 9.20. The van der Waals surface area contributed by atoms with Crippen molar-refractivity contribution in [2.24, 2.45) is 5.92 Å². The molecule has 14 heavy (non-hydrogen) atoms. The number of thiophene rings is 1. The van der Waals surface area contributed by atoms with Gasteiger partial charge in [0.15, 0.2) is 0 Å². The van der Waals surface area contributed by atoms with Crippen LogP contribution < -0.4 is 5.32 Å². The van der Waals surface area contributed by atoms with E-state index in [0.29, 0.717) is 5.92 Å². The second kappa shape index (κ2) is 6.17. The molecule has 2 N–H and O–H groups in total. The Morgan fingerprint density at radius 1 is 1.57 bits per heavy atom. The summed E-state index contributed by atoms with van der Waals surface area (Å²) in [7, 11) is 0. The van der Waals surface area contributed by atoms with Crippen molar-refractivity contribution in [2.75, 3.05) is 6.61 Å². The van der Waals surface area contributed by atoms with E-state index in [2.05, 4.69) is 36.0 Å². The van der Waals surface area contributed by atoms with Gasteiger partial charge in [0.2, 0.25) is 0 Å². The third-order valence-corrected chi connectivity index (χ3v) is 3.41. The van der Waals surface area contributed by atoms with Gasteiger partial charge in [-0.25, -0.2) is 0 Å². The number of rotatable bonds is 6. The van der Waals surface area contributed by atoms with Crippen molar-refractivity contribution in [3.63, 3.8) is 0 Å². The highest BCUT2D eigenvalue weighted by Crippen LogP contribution is 2.10. The molecule has 0 bridgehead atoms. The summed E-state index contributed by atoms with van der Waals surface area (Å²) < 4.78 is 0. The maximum Gasteiger partial charge on any atom is 0.0587 e. The van der Waals surface area contributed by atoms with Crippen molar-refractivity contribution in [3.05, 3.63) is 22.4 Å². The van der Waals surface area contributed by atoms with Crippen LogP contribution in [0, 0.1) is 5.92 Å². The van der Waals surface area contributed by atoms with Crippen LogP contribution in [0.4, 0.5) is 0 Å². The van der Waals surface area contributed by atoms with Gasteiger partial charge in [-0.05, 0) is 28.3 Å². The van der Waals surface area contributed by atoms with E-state index in [1.165, 1.54) is 5.56 Å². The molecule has 0 saturated heterocycles. The lowest BCUT2D eigenvalue weighted by molar-refractivity contribution is 0.201. The SMILES string of the molecule is CCC(C)C(CO)NCc1ccsc1. The summed E-state index contributed by atoms with van der Waals surface area (Å²) in [4.78, 5) is 0. The van der Waals surface area contributed by atoms with Crippen LogP contribution in [0.1, 0.15) is 25.8 Å². The van der Waals surface area contributed by atoms with E-state index in [1.807, 2.05) is 0 Å². The Bertz CT molecular complexity index is 235. The van der Waals surface area contributed by atoms with Crippen LogP contribution in [0.5, 0.6) is 0 Å². The van der Waals surface area contributed by atoms with Crippen LogP contribution in [-0.2, 0) is 6.54 Å². The van der Waals surface area contributed by atoms with E-state index >= 15 is 0 Å². The molecule has 1 aromatic rings. The summed E-state index contributed by atoms with van der Waals surface area (Å²) in [5.41, 5.74) is 1.30. The summed E-state index contributed by atoms with van der Waals surface area (Å²) in [6.07, 6.45) is 1.10. The van der Waals surface area contributed by atoms with Gasteiger partial charge in [-0.15, -0.1) is 0 Å². The van der Waals surface area contributed by atoms with Gasteiger partial charge >= 0.3 is 0 Å². The van der Waals surface area contributed by atoms with Crippen molar-refractivity contribution in [3.8, 4) is 0 Å². The van der Waals surface area contributed by atoms with Crippen molar-refractivity contribution in [1.82, 2.24) is 5.32 Å². The lowest BCUT2D eigenvalue weighted by atomic mass is 10.00. The molecular formula is C11H19NOS.